The number of ether oxygens (including phenoxy) is 2. The molecule has 0 aliphatic carbocycles. The van der Waals surface area contributed by atoms with E-state index in [0.717, 1.165) is 12.8 Å². The number of carbonyl (C=O) groups is 2. The van der Waals surface area contributed by atoms with Crippen LogP contribution in [0.5, 0.6) is 0 Å². The summed E-state index contributed by atoms with van der Waals surface area (Å²) in [6.07, 6.45) is 6.09. The molecule has 104 valence electrons. The first-order chi connectivity index (χ1) is 8.52. The molecule has 0 heterocycles. The van der Waals surface area contributed by atoms with E-state index in [0.29, 0.717) is 6.42 Å². The molecule has 0 rings (SSSR count). The highest BCUT2D eigenvalue weighted by Gasteiger charge is 2.43. The van der Waals surface area contributed by atoms with Crippen LogP contribution < -0.4 is 0 Å². The molecule has 0 amide bonds. The number of hydrogen-bond donors (Lipinski definition) is 0. The Morgan fingerprint density at radius 2 is 1.50 bits per heavy atom. The molecule has 0 atom stereocenters. The normalized spacial score (nSPS) is 11.6. The second kappa shape index (κ2) is 8.72. The van der Waals surface area contributed by atoms with Crippen molar-refractivity contribution in [3.8, 4) is 0 Å². The molecule has 0 aromatic rings. The van der Waals surface area contributed by atoms with Crippen LogP contribution in [0.3, 0.4) is 0 Å². The molecular weight excluding hydrogens is 232 g/mol. The van der Waals surface area contributed by atoms with Crippen LogP contribution in [0.1, 0.15) is 47.0 Å². The standard InChI is InChI=1S/C14H24O4/c1-5-8-9-10-11-14(4,12(15)17-6-2)13(16)18-7-3/h9-10H,5-8,11H2,1-4H3/b10-9+. The van der Waals surface area contributed by atoms with Crippen LogP contribution in [0.2, 0.25) is 0 Å². The average molecular weight is 256 g/mol. The first kappa shape index (κ1) is 16.7. The molecule has 4 heteroatoms. The SMILES string of the molecule is CCC/C=C/CC(C)(C(=O)OCC)C(=O)OCC. The van der Waals surface area contributed by atoms with Crippen molar-refractivity contribution in [3.05, 3.63) is 12.2 Å². The molecule has 0 saturated heterocycles. The Hall–Kier alpha value is -1.32. The van der Waals surface area contributed by atoms with E-state index in [1.54, 1.807) is 20.8 Å². The lowest BCUT2D eigenvalue weighted by molar-refractivity contribution is -0.170. The van der Waals surface area contributed by atoms with Crippen LogP contribution in [0.25, 0.3) is 0 Å². The van der Waals surface area contributed by atoms with Crippen molar-refractivity contribution in [2.24, 2.45) is 5.41 Å². The summed E-state index contributed by atoms with van der Waals surface area (Å²) in [6.45, 7) is 7.59. The van der Waals surface area contributed by atoms with Crippen molar-refractivity contribution >= 4 is 11.9 Å². The zero-order valence-corrected chi connectivity index (χ0v) is 11.8. The van der Waals surface area contributed by atoms with Crippen molar-refractivity contribution in [2.75, 3.05) is 13.2 Å². The van der Waals surface area contributed by atoms with Gasteiger partial charge in [0.15, 0.2) is 5.41 Å². The van der Waals surface area contributed by atoms with Crippen molar-refractivity contribution in [2.45, 2.75) is 47.0 Å². The Bertz CT molecular complexity index is 276. The molecule has 0 fully saturated rings. The quantitative estimate of drug-likeness (QED) is 0.380. The van der Waals surface area contributed by atoms with Gasteiger partial charge in [-0.2, -0.15) is 0 Å². The summed E-state index contributed by atoms with van der Waals surface area (Å²) < 4.78 is 9.92. The highest BCUT2D eigenvalue weighted by atomic mass is 16.6. The molecule has 18 heavy (non-hydrogen) atoms. The third-order valence-electron chi connectivity index (χ3n) is 2.60. The van der Waals surface area contributed by atoms with Gasteiger partial charge in [-0.3, -0.25) is 9.59 Å². The number of carbonyl (C=O) groups excluding carboxylic acids is 2. The lowest BCUT2D eigenvalue weighted by Gasteiger charge is -2.23. The van der Waals surface area contributed by atoms with E-state index in [4.69, 9.17) is 9.47 Å². The van der Waals surface area contributed by atoms with E-state index in [1.165, 1.54) is 0 Å². The minimum Gasteiger partial charge on any atom is -0.465 e. The van der Waals surface area contributed by atoms with Gasteiger partial charge in [0.2, 0.25) is 0 Å². The average Bonchev–Trinajstić information content (AvgIpc) is 2.35. The smallest absolute Gasteiger partial charge is 0.323 e. The van der Waals surface area contributed by atoms with Gasteiger partial charge >= 0.3 is 11.9 Å². The molecule has 0 aromatic carbocycles. The molecule has 0 N–H and O–H groups in total. The summed E-state index contributed by atoms with van der Waals surface area (Å²) in [6, 6.07) is 0. The first-order valence-electron chi connectivity index (χ1n) is 6.52. The molecular formula is C14H24O4. The molecule has 0 bridgehead atoms. The number of esters is 2. The van der Waals surface area contributed by atoms with E-state index in [-0.39, 0.29) is 13.2 Å². The topological polar surface area (TPSA) is 52.6 Å². The maximum absolute atomic E-state index is 11.9. The highest BCUT2D eigenvalue weighted by Crippen LogP contribution is 2.26. The number of rotatable bonds is 8. The van der Waals surface area contributed by atoms with Crippen molar-refractivity contribution < 1.29 is 19.1 Å². The Morgan fingerprint density at radius 3 is 1.89 bits per heavy atom. The summed E-state index contributed by atoms with van der Waals surface area (Å²) in [5.41, 5.74) is -1.24. The van der Waals surface area contributed by atoms with Crippen LogP contribution in [-0.2, 0) is 19.1 Å². The van der Waals surface area contributed by atoms with Crippen LogP contribution in [0, 0.1) is 5.41 Å². The Morgan fingerprint density at radius 1 is 1.00 bits per heavy atom. The fourth-order valence-electron chi connectivity index (χ4n) is 1.43. The number of allylic oxidation sites excluding steroid dienone is 2. The summed E-state index contributed by atoms with van der Waals surface area (Å²) in [5, 5.41) is 0. The molecule has 0 saturated carbocycles. The minimum absolute atomic E-state index is 0.256. The van der Waals surface area contributed by atoms with Crippen molar-refractivity contribution in [3.63, 3.8) is 0 Å². The Balaban J connectivity index is 4.79. The summed E-state index contributed by atoms with van der Waals surface area (Å²) >= 11 is 0. The van der Waals surface area contributed by atoms with Gasteiger partial charge < -0.3 is 9.47 Å². The van der Waals surface area contributed by atoms with Crippen LogP contribution in [0.4, 0.5) is 0 Å². The van der Waals surface area contributed by atoms with Gasteiger partial charge in [-0.15, -0.1) is 0 Å². The predicted octanol–water partition coefficient (Wildman–Crippen LogP) is 2.87. The van der Waals surface area contributed by atoms with Gasteiger partial charge in [-0.1, -0.05) is 25.5 Å². The maximum atomic E-state index is 11.9. The Labute approximate surface area is 109 Å². The van der Waals surface area contributed by atoms with Gasteiger partial charge in [-0.05, 0) is 33.6 Å². The van der Waals surface area contributed by atoms with Gasteiger partial charge in [0, 0.05) is 0 Å². The largest absolute Gasteiger partial charge is 0.465 e. The van der Waals surface area contributed by atoms with Gasteiger partial charge in [0.05, 0.1) is 13.2 Å². The van der Waals surface area contributed by atoms with E-state index in [9.17, 15) is 9.59 Å². The Kier molecular flexibility index (Phi) is 8.08. The molecule has 0 unspecified atom stereocenters. The van der Waals surface area contributed by atoms with E-state index in [2.05, 4.69) is 6.92 Å². The van der Waals surface area contributed by atoms with Crippen LogP contribution in [0.15, 0.2) is 12.2 Å². The van der Waals surface area contributed by atoms with Crippen molar-refractivity contribution in [1.29, 1.82) is 0 Å². The van der Waals surface area contributed by atoms with E-state index < -0.39 is 17.4 Å². The summed E-state index contributed by atoms with van der Waals surface area (Å²) in [7, 11) is 0. The minimum atomic E-state index is -1.24. The summed E-state index contributed by atoms with van der Waals surface area (Å²) in [4.78, 5) is 23.8. The zero-order chi connectivity index (χ0) is 14.0. The molecule has 0 aliphatic heterocycles. The van der Waals surface area contributed by atoms with Crippen LogP contribution >= 0.6 is 0 Å². The fraction of sp³-hybridized carbons (Fsp3) is 0.714. The maximum Gasteiger partial charge on any atom is 0.323 e. The third kappa shape index (κ3) is 4.90. The monoisotopic (exact) mass is 256 g/mol. The third-order valence-corrected chi connectivity index (χ3v) is 2.60. The van der Waals surface area contributed by atoms with E-state index in [1.807, 2.05) is 12.2 Å². The van der Waals surface area contributed by atoms with Gasteiger partial charge in [-0.25, -0.2) is 0 Å². The second-order valence-corrected chi connectivity index (χ2v) is 4.24. The van der Waals surface area contributed by atoms with Crippen molar-refractivity contribution in [1.82, 2.24) is 0 Å². The lowest BCUT2D eigenvalue weighted by atomic mass is 9.86. The fourth-order valence-corrected chi connectivity index (χ4v) is 1.43. The molecule has 0 radical (unpaired) electrons. The predicted molar refractivity (Wildman–Crippen MR) is 70.0 cm³/mol. The molecule has 0 aromatic heterocycles. The number of hydrogen-bond acceptors (Lipinski definition) is 4. The highest BCUT2D eigenvalue weighted by molar-refractivity contribution is 5.99. The molecule has 4 nitrogen and oxygen atoms in total. The second-order valence-electron chi connectivity index (χ2n) is 4.24. The molecule has 0 aliphatic rings. The zero-order valence-electron chi connectivity index (χ0n) is 11.8. The lowest BCUT2D eigenvalue weighted by Crippen LogP contribution is -2.39. The number of unbranched alkanes of at least 4 members (excludes halogenated alkanes) is 1. The van der Waals surface area contributed by atoms with Crippen LogP contribution in [-0.4, -0.2) is 25.2 Å². The first-order valence-corrected chi connectivity index (χ1v) is 6.52. The van der Waals surface area contributed by atoms with Gasteiger partial charge in [0.1, 0.15) is 0 Å². The van der Waals surface area contributed by atoms with Gasteiger partial charge in [0.25, 0.3) is 0 Å². The van der Waals surface area contributed by atoms with E-state index >= 15 is 0 Å². The molecule has 0 spiro atoms. The summed E-state index contributed by atoms with van der Waals surface area (Å²) in [5.74, 6) is -1.05.